The molecule has 2 aromatic carbocycles. The molecular formula is C15H14Cl2O2. The van der Waals surface area contributed by atoms with Gasteiger partial charge in [0.05, 0.1) is 13.2 Å². The summed E-state index contributed by atoms with van der Waals surface area (Å²) in [5.74, 6) is 0.592. The first-order valence-electron chi connectivity index (χ1n) is 5.86. The van der Waals surface area contributed by atoms with Gasteiger partial charge in [-0.05, 0) is 29.8 Å². The maximum absolute atomic E-state index is 10.3. The summed E-state index contributed by atoms with van der Waals surface area (Å²) in [5, 5.41) is 11.6. The van der Waals surface area contributed by atoms with E-state index in [-0.39, 0.29) is 0 Å². The first-order valence-corrected chi connectivity index (χ1v) is 6.61. The normalized spacial score (nSPS) is 12.2. The molecule has 2 nitrogen and oxygen atoms in total. The van der Waals surface area contributed by atoms with Gasteiger partial charge in [0, 0.05) is 22.0 Å². The van der Waals surface area contributed by atoms with Crippen molar-refractivity contribution >= 4 is 23.2 Å². The molecule has 0 amide bonds. The summed E-state index contributed by atoms with van der Waals surface area (Å²) >= 11 is 11.7. The minimum Gasteiger partial charge on any atom is -0.496 e. The zero-order chi connectivity index (χ0) is 13.8. The lowest BCUT2D eigenvalue weighted by Gasteiger charge is -2.15. The van der Waals surface area contributed by atoms with Crippen molar-refractivity contribution in [1.29, 1.82) is 0 Å². The zero-order valence-corrected chi connectivity index (χ0v) is 11.9. The Kier molecular flexibility index (Phi) is 4.70. The number of ether oxygens (including phenoxy) is 1. The minimum absolute atomic E-state index is 0.495. The van der Waals surface area contributed by atoms with E-state index >= 15 is 0 Å². The molecule has 0 aromatic heterocycles. The molecule has 19 heavy (non-hydrogen) atoms. The Bertz CT molecular complexity index is 553. The number of benzene rings is 2. The van der Waals surface area contributed by atoms with Gasteiger partial charge in [-0.25, -0.2) is 0 Å². The van der Waals surface area contributed by atoms with Crippen LogP contribution < -0.4 is 4.74 Å². The molecule has 0 bridgehead atoms. The molecule has 0 heterocycles. The highest BCUT2D eigenvalue weighted by Gasteiger charge is 2.14. The highest BCUT2D eigenvalue weighted by Crippen LogP contribution is 2.30. The highest BCUT2D eigenvalue weighted by molar-refractivity contribution is 6.30. The fourth-order valence-electron chi connectivity index (χ4n) is 1.91. The summed E-state index contributed by atoms with van der Waals surface area (Å²) in [5.41, 5.74) is 1.73. The Labute approximate surface area is 122 Å². The zero-order valence-electron chi connectivity index (χ0n) is 10.4. The molecule has 0 aliphatic heterocycles. The first kappa shape index (κ1) is 14.2. The highest BCUT2D eigenvalue weighted by atomic mass is 35.5. The number of methoxy groups -OCH3 is 1. The maximum atomic E-state index is 10.3. The summed E-state index contributed by atoms with van der Waals surface area (Å²) in [4.78, 5) is 0. The first-order chi connectivity index (χ1) is 9.10. The molecule has 1 atom stereocenters. The van der Waals surface area contributed by atoms with E-state index in [4.69, 9.17) is 27.9 Å². The number of aliphatic hydroxyl groups is 1. The fraction of sp³-hybridized carbons (Fsp3) is 0.200. The van der Waals surface area contributed by atoms with E-state index in [2.05, 4.69) is 0 Å². The van der Waals surface area contributed by atoms with Crippen LogP contribution in [-0.2, 0) is 6.42 Å². The lowest BCUT2D eigenvalue weighted by atomic mass is 10.0. The number of hydrogen-bond donors (Lipinski definition) is 1. The van der Waals surface area contributed by atoms with Crippen LogP contribution >= 0.6 is 23.2 Å². The van der Waals surface area contributed by atoms with Crippen LogP contribution in [0.25, 0.3) is 0 Å². The van der Waals surface area contributed by atoms with Gasteiger partial charge in [0.25, 0.3) is 0 Å². The number of halogens is 2. The molecule has 2 aromatic rings. The number of rotatable bonds is 4. The molecule has 0 radical (unpaired) electrons. The maximum Gasteiger partial charge on any atom is 0.126 e. The van der Waals surface area contributed by atoms with Gasteiger partial charge in [-0.3, -0.25) is 0 Å². The topological polar surface area (TPSA) is 29.5 Å². The Hall–Kier alpha value is -1.22. The van der Waals surface area contributed by atoms with Crippen LogP contribution in [-0.4, -0.2) is 12.2 Å². The van der Waals surface area contributed by atoms with Gasteiger partial charge < -0.3 is 9.84 Å². The van der Waals surface area contributed by atoms with Crippen molar-refractivity contribution < 1.29 is 9.84 Å². The van der Waals surface area contributed by atoms with Crippen molar-refractivity contribution in [3.63, 3.8) is 0 Å². The third-order valence-corrected chi connectivity index (χ3v) is 3.38. The standard InChI is InChI=1S/C15H14Cl2O2/c1-19-15-9-12(17)6-7-13(15)14(18)8-10-2-4-11(16)5-3-10/h2-7,9,14,18H,8H2,1H3. The van der Waals surface area contributed by atoms with Gasteiger partial charge in [0.1, 0.15) is 5.75 Å². The van der Waals surface area contributed by atoms with E-state index in [0.717, 1.165) is 11.1 Å². The summed E-state index contributed by atoms with van der Waals surface area (Å²) in [7, 11) is 1.56. The van der Waals surface area contributed by atoms with Crippen molar-refractivity contribution in [3.05, 3.63) is 63.6 Å². The average molecular weight is 297 g/mol. The van der Waals surface area contributed by atoms with Gasteiger partial charge in [-0.1, -0.05) is 41.4 Å². The molecule has 100 valence electrons. The molecule has 0 fully saturated rings. The van der Waals surface area contributed by atoms with Gasteiger partial charge in [-0.2, -0.15) is 0 Å². The van der Waals surface area contributed by atoms with E-state index in [9.17, 15) is 5.11 Å². The average Bonchev–Trinajstić information content (AvgIpc) is 2.41. The van der Waals surface area contributed by atoms with Crippen molar-refractivity contribution in [2.75, 3.05) is 7.11 Å². The smallest absolute Gasteiger partial charge is 0.126 e. The second-order valence-electron chi connectivity index (χ2n) is 4.23. The van der Waals surface area contributed by atoms with E-state index in [1.807, 2.05) is 24.3 Å². The molecule has 0 saturated carbocycles. The molecule has 4 heteroatoms. The molecule has 1 unspecified atom stereocenters. The summed E-state index contributed by atoms with van der Waals surface area (Å²) < 4.78 is 5.24. The predicted octanol–water partition coefficient (Wildman–Crippen LogP) is 4.28. The molecule has 2 rings (SSSR count). The predicted molar refractivity (Wildman–Crippen MR) is 78.1 cm³/mol. The lowest BCUT2D eigenvalue weighted by Crippen LogP contribution is -2.04. The summed E-state index contributed by atoms with van der Waals surface area (Å²) in [6.07, 6.45) is -0.150. The Morgan fingerprint density at radius 1 is 1.05 bits per heavy atom. The second-order valence-corrected chi connectivity index (χ2v) is 5.11. The quantitative estimate of drug-likeness (QED) is 0.912. The second kappa shape index (κ2) is 6.29. The van der Waals surface area contributed by atoms with Crippen LogP contribution in [0.2, 0.25) is 10.0 Å². The Morgan fingerprint density at radius 3 is 2.32 bits per heavy atom. The monoisotopic (exact) mass is 296 g/mol. The third kappa shape index (κ3) is 3.63. The van der Waals surface area contributed by atoms with Crippen molar-refractivity contribution in [1.82, 2.24) is 0 Å². The van der Waals surface area contributed by atoms with Gasteiger partial charge >= 0.3 is 0 Å². The lowest BCUT2D eigenvalue weighted by molar-refractivity contribution is 0.174. The van der Waals surface area contributed by atoms with Gasteiger partial charge in [0.2, 0.25) is 0 Å². The van der Waals surface area contributed by atoms with Gasteiger partial charge in [-0.15, -0.1) is 0 Å². The van der Waals surface area contributed by atoms with E-state index in [1.165, 1.54) is 0 Å². The summed E-state index contributed by atoms with van der Waals surface area (Å²) in [6.45, 7) is 0. The van der Waals surface area contributed by atoms with Crippen molar-refractivity contribution in [2.24, 2.45) is 0 Å². The fourth-order valence-corrected chi connectivity index (χ4v) is 2.20. The largest absolute Gasteiger partial charge is 0.496 e. The molecule has 0 aliphatic rings. The van der Waals surface area contributed by atoms with Crippen molar-refractivity contribution in [2.45, 2.75) is 12.5 Å². The number of aliphatic hydroxyl groups excluding tert-OH is 1. The Morgan fingerprint density at radius 2 is 1.68 bits per heavy atom. The van der Waals surface area contributed by atoms with Crippen LogP contribution in [0.4, 0.5) is 0 Å². The molecular weight excluding hydrogens is 283 g/mol. The van der Waals surface area contributed by atoms with Crippen LogP contribution in [0.1, 0.15) is 17.2 Å². The van der Waals surface area contributed by atoms with E-state index in [1.54, 1.807) is 25.3 Å². The van der Waals surface area contributed by atoms with Crippen LogP contribution in [0.3, 0.4) is 0 Å². The Balaban J connectivity index is 2.19. The summed E-state index contributed by atoms with van der Waals surface area (Å²) in [6, 6.07) is 12.6. The van der Waals surface area contributed by atoms with Crippen LogP contribution in [0.5, 0.6) is 5.75 Å². The van der Waals surface area contributed by atoms with Gasteiger partial charge in [0.15, 0.2) is 0 Å². The number of hydrogen-bond acceptors (Lipinski definition) is 2. The van der Waals surface area contributed by atoms with E-state index in [0.29, 0.717) is 22.2 Å². The van der Waals surface area contributed by atoms with Crippen LogP contribution in [0, 0.1) is 0 Å². The minimum atomic E-state index is -0.645. The van der Waals surface area contributed by atoms with Crippen LogP contribution in [0.15, 0.2) is 42.5 Å². The SMILES string of the molecule is COc1cc(Cl)ccc1C(O)Cc1ccc(Cl)cc1. The molecule has 1 N–H and O–H groups in total. The third-order valence-electron chi connectivity index (χ3n) is 2.90. The van der Waals surface area contributed by atoms with Crippen molar-refractivity contribution in [3.8, 4) is 5.75 Å². The molecule has 0 aliphatic carbocycles. The molecule has 0 saturated heterocycles. The van der Waals surface area contributed by atoms with E-state index < -0.39 is 6.10 Å². The molecule has 0 spiro atoms.